The van der Waals surface area contributed by atoms with Crippen LogP contribution in [0.15, 0.2) is 49.1 Å². The summed E-state index contributed by atoms with van der Waals surface area (Å²) in [6, 6.07) is 8.69. The first-order valence-electron chi connectivity index (χ1n) is 11.8. The molecule has 0 amide bonds. The minimum atomic E-state index is -0.288. The number of aromatic nitrogens is 7. The smallest absolute Gasteiger partial charge is 0.137 e. The molecule has 4 heterocycles. The molecule has 2 N–H and O–H groups in total. The van der Waals surface area contributed by atoms with E-state index in [4.69, 9.17) is 4.98 Å². The molecule has 0 aliphatic heterocycles. The number of fused-ring (bicyclic) bond motifs is 2. The van der Waals surface area contributed by atoms with Crippen LogP contribution in [-0.2, 0) is 13.1 Å². The Kier molecular flexibility index (Phi) is 5.27. The first-order chi connectivity index (χ1) is 16.2. The van der Waals surface area contributed by atoms with Crippen molar-refractivity contribution in [3.8, 4) is 11.3 Å². The van der Waals surface area contributed by atoms with E-state index in [-0.39, 0.29) is 9.52 Å². The van der Waals surface area contributed by atoms with E-state index >= 15 is 0 Å². The largest absolute Gasteiger partial charge is 0.312 e. The highest BCUT2D eigenvalue weighted by atomic mass is 28.2. The third kappa shape index (κ3) is 4.09. The van der Waals surface area contributed by atoms with E-state index in [0.717, 1.165) is 52.5 Å². The number of imidazole rings is 1. The zero-order valence-electron chi connectivity index (χ0n) is 18.8. The molecule has 0 bridgehead atoms. The van der Waals surface area contributed by atoms with Crippen LogP contribution in [0.5, 0.6) is 0 Å². The SMILES string of the molecule is C[SiH2]c1cc(-c2cn(Cc3cn4cc(CNCC5CCC5)ccc4n3)nn2)c2cn[nH]c2c1. The van der Waals surface area contributed by atoms with Crippen molar-refractivity contribution >= 4 is 31.3 Å². The molecule has 4 aromatic heterocycles. The molecule has 0 spiro atoms. The summed E-state index contributed by atoms with van der Waals surface area (Å²) in [6.07, 6.45) is 12.3. The molecule has 168 valence electrons. The maximum Gasteiger partial charge on any atom is 0.137 e. The minimum Gasteiger partial charge on any atom is -0.312 e. The molecular weight excluding hydrogens is 428 g/mol. The predicted molar refractivity (Wildman–Crippen MR) is 132 cm³/mol. The number of pyridine rings is 1. The lowest BCUT2D eigenvalue weighted by Gasteiger charge is -2.25. The van der Waals surface area contributed by atoms with Crippen LogP contribution in [0.3, 0.4) is 0 Å². The van der Waals surface area contributed by atoms with E-state index < -0.39 is 0 Å². The number of hydrogen-bond acceptors (Lipinski definition) is 5. The summed E-state index contributed by atoms with van der Waals surface area (Å²) in [7, 11) is -0.288. The Bertz CT molecular complexity index is 1410. The Hall–Kier alpha value is -3.30. The molecule has 8 nitrogen and oxygen atoms in total. The number of H-pyrrole nitrogens is 1. The Morgan fingerprint density at radius 1 is 1.18 bits per heavy atom. The number of benzene rings is 1. The van der Waals surface area contributed by atoms with Gasteiger partial charge in [0, 0.05) is 29.9 Å². The van der Waals surface area contributed by atoms with Gasteiger partial charge in [-0.05, 0) is 43.0 Å². The lowest BCUT2D eigenvalue weighted by atomic mass is 9.85. The highest BCUT2D eigenvalue weighted by Crippen LogP contribution is 2.26. The fourth-order valence-corrected chi connectivity index (χ4v) is 5.40. The first-order valence-corrected chi connectivity index (χ1v) is 13.9. The van der Waals surface area contributed by atoms with Crippen molar-refractivity contribution in [3.63, 3.8) is 0 Å². The Labute approximate surface area is 194 Å². The summed E-state index contributed by atoms with van der Waals surface area (Å²) < 4.78 is 3.97. The molecule has 9 heteroatoms. The van der Waals surface area contributed by atoms with Gasteiger partial charge in [-0.1, -0.05) is 35.5 Å². The molecule has 33 heavy (non-hydrogen) atoms. The van der Waals surface area contributed by atoms with Crippen molar-refractivity contribution < 1.29 is 0 Å². The van der Waals surface area contributed by atoms with Gasteiger partial charge in [0.1, 0.15) is 11.3 Å². The number of rotatable bonds is 8. The van der Waals surface area contributed by atoms with E-state index in [0.29, 0.717) is 6.54 Å². The second-order valence-electron chi connectivity index (χ2n) is 9.09. The van der Waals surface area contributed by atoms with Gasteiger partial charge in [0.15, 0.2) is 0 Å². The molecule has 0 unspecified atom stereocenters. The van der Waals surface area contributed by atoms with Crippen LogP contribution in [0.1, 0.15) is 30.5 Å². The van der Waals surface area contributed by atoms with Gasteiger partial charge >= 0.3 is 0 Å². The molecular formula is C24H28N8Si. The zero-order valence-corrected chi connectivity index (χ0v) is 20.2. The Morgan fingerprint density at radius 3 is 2.97 bits per heavy atom. The summed E-state index contributed by atoms with van der Waals surface area (Å²) in [6.45, 7) is 4.89. The Morgan fingerprint density at radius 2 is 2.12 bits per heavy atom. The van der Waals surface area contributed by atoms with Gasteiger partial charge in [-0.15, -0.1) is 5.10 Å². The predicted octanol–water partition coefficient (Wildman–Crippen LogP) is 2.25. The number of hydrogen-bond donors (Lipinski definition) is 2. The molecule has 6 rings (SSSR count). The van der Waals surface area contributed by atoms with Gasteiger partial charge < -0.3 is 9.72 Å². The minimum absolute atomic E-state index is 0.288. The van der Waals surface area contributed by atoms with Crippen LogP contribution < -0.4 is 10.5 Å². The van der Waals surface area contributed by atoms with E-state index in [2.05, 4.69) is 73.4 Å². The van der Waals surface area contributed by atoms with Crippen LogP contribution in [-0.4, -0.2) is 50.6 Å². The Balaban J connectivity index is 1.19. The van der Waals surface area contributed by atoms with Crippen molar-refractivity contribution in [1.29, 1.82) is 0 Å². The number of aromatic amines is 1. The standard InChI is InChI=1S/C24H28N8Si/c1-33-19-7-20(21-11-26-28-22(21)8-19)23-15-32(30-29-23)14-18-13-31-12-17(5-6-24(31)27-18)10-25-9-16-3-2-4-16/h5-8,11-13,15-16,25H,2-4,9-10,14,33H2,1H3,(H,26,28). The van der Waals surface area contributed by atoms with Crippen LogP contribution in [0, 0.1) is 5.92 Å². The highest BCUT2D eigenvalue weighted by Gasteiger charge is 2.16. The van der Waals surface area contributed by atoms with E-state index in [1.54, 1.807) is 0 Å². The van der Waals surface area contributed by atoms with Crippen molar-refractivity contribution in [2.24, 2.45) is 5.92 Å². The molecule has 0 atom stereocenters. The van der Waals surface area contributed by atoms with Crippen LogP contribution in [0.25, 0.3) is 27.8 Å². The maximum atomic E-state index is 4.78. The fourth-order valence-electron chi connectivity index (χ4n) is 4.58. The summed E-state index contributed by atoms with van der Waals surface area (Å²) in [5.41, 5.74) is 6.21. The molecule has 5 aromatic rings. The fraction of sp³-hybridized carbons (Fsp3) is 0.333. The van der Waals surface area contributed by atoms with Crippen molar-refractivity contribution in [1.82, 2.24) is 39.9 Å². The molecule has 1 aliphatic carbocycles. The second-order valence-corrected chi connectivity index (χ2v) is 10.6. The van der Waals surface area contributed by atoms with Gasteiger partial charge in [0.25, 0.3) is 0 Å². The molecule has 0 radical (unpaired) electrons. The number of nitrogens with zero attached hydrogens (tertiary/aromatic N) is 6. The molecule has 1 aromatic carbocycles. The van der Waals surface area contributed by atoms with Gasteiger partial charge in [-0.3, -0.25) is 5.10 Å². The lowest BCUT2D eigenvalue weighted by Crippen LogP contribution is -2.26. The molecule has 1 fully saturated rings. The van der Waals surface area contributed by atoms with Gasteiger partial charge in [-0.2, -0.15) is 5.10 Å². The monoisotopic (exact) mass is 456 g/mol. The summed E-state index contributed by atoms with van der Waals surface area (Å²) in [5, 5.41) is 22.2. The van der Waals surface area contributed by atoms with E-state index in [9.17, 15) is 0 Å². The molecule has 0 saturated heterocycles. The van der Waals surface area contributed by atoms with Gasteiger partial charge in [-0.25, -0.2) is 9.67 Å². The lowest BCUT2D eigenvalue weighted by molar-refractivity contribution is 0.301. The summed E-state index contributed by atoms with van der Waals surface area (Å²) >= 11 is 0. The number of nitrogens with one attached hydrogen (secondary N) is 2. The van der Waals surface area contributed by atoms with Crippen molar-refractivity contribution in [2.75, 3.05) is 6.54 Å². The van der Waals surface area contributed by atoms with Crippen LogP contribution >= 0.6 is 0 Å². The normalized spacial score (nSPS) is 14.7. The quantitative estimate of drug-likeness (QED) is 0.350. The maximum absolute atomic E-state index is 4.78. The highest BCUT2D eigenvalue weighted by molar-refractivity contribution is 6.52. The van der Waals surface area contributed by atoms with Crippen LogP contribution in [0.2, 0.25) is 6.55 Å². The van der Waals surface area contributed by atoms with Gasteiger partial charge in [0.2, 0.25) is 0 Å². The summed E-state index contributed by atoms with van der Waals surface area (Å²) in [5.74, 6) is 0.872. The van der Waals surface area contributed by atoms with Crippen LogP contribution in [0.4, 0.5) is 0 Å². The van der Waals surface area contributed by atoms with Crippen molar-refractivity contribution in [2.45, 2.75) is 38.9 Å². The topological polar surface area (TPSA) is 88.7 Å². The summed E-state index contributed by atoms with van der Waals surface area (Å²) in [4.78, 5) is 4.78. The first kappa shape index (κ1) is 20.3. The average molecular weight is 457 g/mol. The third-order valence-corrected chi connectivity index (χ3v) is 7.94. The van der Waals surface area contributed by atoms with E-state index in [1.165, 1.54) is 30.0 Å². The van der Waals surface area contributed by atoms with Gasteiger partial charge in [0.05, 0.1) is 39.7 Å². The average Bonchev–Trinajstić information content (AvgIpc) is 3.53. The molecule has 1 saturated carbocycles. The zero-order chi connectivity index (χ0) is 22.2. The second kappa shape index (κ2) is 8.57. The van der Waals surface area contributed by atoms with Crippen molar-refractivity contribution in [3.05, 3.63) is 60.3 Å². The molecule has 1 aliphatic rings. The van der Waals surface area contributed by atoms with E-state index in [1.807, 2.05) is 17.1 Å². The third-order valence-electron chi connectivity index (χ3n) is 6.71.